The summed E-state index contributed by atoms with van der Waals surface area (Å²) in [5.74, 6) is 1.09. The lowest BCUT2D eigenvalue weighted by molar-refractivity contribution is -0.170. The van der Waals surface area contributed by atoms with Crippen LogP contribution in [-0.2, 0) is 10.2 Å². The highest BCUT2D eigenvalue weighted by Gasteiger charge is 2.70. The molecule has 33 heavy (non-hydrogen) atoms. The van der Waals surface area contributed by atoms with Gasteiger partial charge in [0, 0.05) is 40.5 Å². The van der Waals surface area contributed by atoms with E-state index in [2.05, 4.69) is 5.16 Å². The third kappa shape index (κ3) is 3.30. The number of carbonyl (C=O) groups is 1. The van der Waals surface area contributed by atoms with E-state index in [1.54, 1.807) is 31.2 Å². The number of ketones is 1. The molecule has 0 radical (unpaired) electrons. The molecule has 1 aliphatic heterocycles. The van der Waals surface area contributed by atoms with Gasteiger partial charge < -0.3 is 14.4 Å². The largest absolute Gasteiger partial charge is 0.482 e. The van der Waals surface area contributed by atoms with Crippen molar-refractivity contribution in [2.45, 2.75) is 56.7 Å². The van der Waals surface area contributed by atoms with Crippen molar-refractivity contribution in [3.05, 3.63) is 70.2 Å². The number of carbonyl (C=O) groups excluding carboxylic acids is 1. The summed E-state index contributed by atoms with van der Waals surface area (Å²) in [6.45, 7) is 1.73. The van der Waals surface area contributed by atoms with Crippen molar-refractivity contribution >= 4 is 17.4 Å². The molecule has 5 nitrogen and oxygen atoms in total. The van der Waals surface area contributed by atoms with E-state index in [0.29, 0.717) is 39.6 Å². The summed E-state index contributed by atoms with van der Waals surface area (Å²) in [4.78, 5) is 13.0. The molecule has 4 aliphatic rings. The first kappa shape index (κ1) is 20.9. The second kappa shape index (κ2) is 7.15. The number of aromatic nitrogens is 1. The molecular weight excluding hydrogens is 445 g/mol. The minimum absolute atomic E-state index is 0.0244. The number of aliphatic hydroxyl groups excluding tert-OH is 1. The zero-order valence-corrected chi connectivity index (χ0v) is 18.9. The van der Waals surface area contributed by atoms with Crippen LogP contribution in [0.25, 0.3) is 11.3 Å². The molecule has 2 heterocycles. The van der Waals surface area contributed by atoms with Crippen LogP contribution in [0.3, 0.4) is 0 Å². The van der Waals surface area contributed by atoms with Crippen LogP contribution >= 0.6 is 11.6 Å². The maximum absolute atomic E-state index is 13.9. The highest BCUT2D eigenvalue weighted by atomic mass is 35.5. The molecule has 1 aromatic heterocycles. The van der Waals surface area contributed by atoms with Crippen LogP contribution in [0.5, 0.6) is 5.75 Å². The first-order chi connectivity index (χ1) is 15.8. The van der Waals surface area contributed by atoms with Crippen LogP contribution in [-0.4, -0.2) is 22.2 Å². The highest BCUT2D eigenvalue weighted by molar-refractivity contribution is 6.30. The Balaban J connectivity index is 1.11. The Labute approximate surface area is 195 Å². The third-order valence-corrected chi connectivity index (χ3v) is 7.82. The van der Waals surface area contributed by atoms with Gasteiger partial charge >= 0.3 is 0 Å². The fraction of sp³-hybridized carbons (Fsp3) is 0.385. The number of aryl methyl sites for hydroxylation is 1. The van der Waals surface area contributed by atoms with Crippen molar-refractivity contribution < 1.29 is 23.6 Å². The highest BCUT2D eigenvalue weighted by Crippen LogP contribution is 2.75. The summed E-state index contributed by atoms with van der Waals surface area (Å²) in [5, 5.41) is 15.2. The predicted octanol–water partition coefficient (Wildman–Crippen LogP) is 5.71. The minimum Gasteiger partial charge on any atom is -0.482 e. The lowest BCUT2D eigenvalue weighted by Crippen LogP contribution is -2.65. The molecule has 3 fully saturated rings. The third-order valence-electron chi connectivity index (χ3n) is 7.59. The molecule has 0 spiro atoms. The number of aliphatic hydroxyl groups is 1. The van der Waals surface area contributed by atoms with Crippen molar-refractivity contribution in [1.82, 2.24) is 5.16 Å². The summed E-state index contributed by atoms with van der Waals surface area (Å²) in [6.07, 6.45) is 1.86. The van der Waals surface area contributed by atoms with Crippen molar-refractivity contribution in [2.24, 2.45) is 5.41 Å². The molecule has 2 atom stereocenters. The minimum atomic E-state index is -0.764. The Bertz CT molecular complexity index is 1270. The second-order valence-electron chi connectivity index (χ2n) is 10.0. The number of rotatable bonds is 5. The van der Waals surface area contributed by atoms with Crippen LogP contribution < -0.4 is 4.74 Å². The number of Topliss-reactive ketones (excluding diaryl/α,β-unsaturated/α-hetero) is 1. The summed E-state index contributed by atoms with van der Waals surface area (Å²) in [6, 6.07) is 12.0. The monoisotopic (exact) mass is 467 g/mol. The fourth-order valence-electron chi connectivity index (χ4n) is 5.96. The molecule has 2 bridgehead atoms. The fourth-order valence-corrected chi connectivity index (χ4v) is 6.14. The molecule has 3 saturated carbocycles. The smallest absolute Gasteiger partial charge is 0.173 e. The molecule has 7 rings (SSSR count). The maximum atomic E-state index is 13.9. The van der Waals surface area contributed by atoms with E-state index in [9.17, 15) is 14.3 Å². The first-order valence-corrected chi connectivity index (χ1v) is 11.5. The van der Waals surface area contributed by atoms with Gasteiger partial charge in [-0.15, -0.1) is 0 Å². The number of hydrogen-bond donors (Lipinski definition) is 1. The molecule has 2 aromatic carbocycles. The van der Waals surface area contributed by atoms with Gasteiger partial charge in [-0.1, -0.05) is 28.9 Å². The average Bonchev–Trinajstić information content (AvgIpc) is 3.21. The topological polar surface area (TPSA) is 72.6 Å². The molecule has 3 aliphatic carbocycles. The van der Waals surface area contributed by atoms with E-state index in [0.717, 1.165) is 25.0 Å². The van der Waals surface area contributed by atoms with E-state index >= 15 is 0 Å². The predicted molar refractivity (Wildman–Crippen MR) is 120 cm³/mol. The zero-order valence-electron chi connectivity index (χ0n) is 18.1. The van der Waals surface area contributed by atoms with E-state index in [-0.39, 0.29) is 28.9 Å². The number of benzene rings is 2. The normalized spacial score (nSPS) is 29.5. The van der Waals surface area contributed by atoms with Crippen molar-refractivity contribution in [3.63, 3.8) is 0 Å². The zero-order chi connectivity index (χ0) is 23.0. The number of nitrogens with zero attached hydrogens (tertiary/aromatic N) is 1. The summed E-state index contributed by atoms with van der Waals surface area (Å²) in [5.41, 5.74) is 2.43. The Morgan fingerprint density at radius 3 is 2.76 bits per heavy atom. The van der Waals surface area contributed by atoms with Crippen molar-refractivity contribution in [3.8, 4) is 17.0 Å². The quantitative estimate of drug-likeness (QED) is 0.520. The van der Waals surface area contributed by atoms with Crippen molar-refractivity contribution in [1.29, 1.82) is 0 Å². The van der Waals surface area contributed by atoms with E-state index < -0.39 is 12.2 Å². The van der Waals surface area contributed by atoms with Crippen LogP contribution in [0.1, 0.15) is 55.1 Å². The Morgan fingerprint density at radius 1 is 1.21 bits per heavy atom. The van der Waals surface area contributed by atoms with Crippen LogP contribution in [0.2, 0.25) is 5.02 Å². The van der Waals surface area contributed by atoms with E-state index in [1.807, 2.05) is 12.1 Å². The maximum Gasteiger partial charge on any atom is 0.173 e. The lowest BCUT2D eigenvalue weighted by atomic mass is 9.33. The Hall–Kier alpha value is -2.70. The average molecular weight is 468 g/mol. The van der Waals surface area contributed by atoms with E-state index in [4.69, 9.17) is 20.9 Å². The number of ether oxygens (including phenoxy) is 1. The van der Waals surface area contributed by atoms with Gasteiger partial charge in [0.15, 0.2) is 11.9 Å². The number of fused-ring (bicyclic) bond motifs is 1. The van der Waals surface area contributed by atoms with Crippen LogP contribution in [0, 0.1) is 18.2 Å². The van der Waals surface area contributed by atoms with E-state index in [1.165, 1.54) is 6.07 Å². The summed E-state index contributed by atoms with van der Waals surface area (Å²) < 4.78 is 25.5. The molecular formula is C26H23ClFNO4. The van der Waals surface area contributed by atoms with Gasteiger partial charge in [0.2, 0.25) is 0 Å². The first-order valence-electron chi connectivity index (χ1n) is 11.2. The number of hydrogen-bond acceptors (Lipinski definition) is 5. The van der Waals surface area contributed by atoms with Crippen molar-refractivity contribution in [2.75, 3.05) is 0 Å². The van der Waals surface area contributed by atoms with Gasteiger partial charge in [0.1, 0.15) is 23.0 Å². The standard InChI is InChI=1S/C26H23ClFNO4/c1-14-2-3-15(6-18(14)28)19-8-24(33-29-19)26-11-25(12-26,13-26)10-21(31)23-9-20(30)17-7-16(27)4-5-22(17)32-23/h2-8,20,23,30H,9-13H2,1H3/t20-,23-,25?,26?/m1/s1. The molecule has 0 amide bonds. The van der Waals surface area contributed by atoms with Gasteiger partial charge in [-0.3, -0.25) is 4.79 Å². The number of halogens is 2. The Morgan fingerprint density at radius 2 is 2.00 bits per heavy atom. The second-order valence-corrected chi connectivity index (χ2v) is 10.5. The summed E-state index contributed by atoms with van der Waals surface area (Å²) >= 11 is 6.01. The van der Waals surface area contributed by atoms with Crippen LogP contribution in [0.15, 0.2) is 47.0 Å². The van der Waals surface area contributed by atoms with Gasteiger partial charge in [0.05, 0.1) is 6.10 Å². The molecule has 0 unspecified atom stereocenters. The Kier molecular flexibility index (Phi) is 4.52. The SMILES string of the molecule is Cc1ccc(-c2cc(C34CC(CC(=O)[C@H]5C[C@@H](O)c6cc(Cl)ccc6O5)(C3)C4)on2)cc1F. The van der Waals surface area contributed by atoms with Gasteiger partial charge in [-0.05, 0) is 61.4 Å². The summed E-state index contributed by atoms with van der Waals surface area (Å²) in [7, 11) is 0. The molecule has 1 N–H and O–H groups in total. The molecule has 0 saturated heterocycles. The lowest BCUT2D eigenvalue weighted by Gasteiger charge is -2.69. The molecule has 3 aromatic rings. The van der Waals surface area contributed by atoms with Gasteiger partial charge in [0.25, 0.3) is 0 Å². The molecule has 7 heteroatoms. The van der Waals surface area contributed by atoms with Gasteiger partial charge in [-0.25, -0.2) is 4.39 Å². The van der Waals surface area contributed by atoms with Gasteiger partial charge in [-0.2, -0.15) is 0 Å². The molecule has 170 valence electrons. The van der Waals surface area contributed by atoms with Crippen LogP contribution in [0.4, 0.5) is 4.39 Å².